The van der Waals surface area contributed by atoms with Crippen LogP contribution in [0.15, 0.2) is 36.5 Å². The molecule has 0 unspecified atom stereocenters. The Balaban J connectivity index is 1.35. The molecule has 0 bridgehead atoms. The topological polar surface area (TPSA) is 34.6 Å². The van der Waals surface area contributed by atoms with Crippen molar-refractivity contribution in [3.63, 3.8) is 0 Å². The van der Waals surface area contributed by atoms with E-state index in [2.05, 4.69) is 35.0 Å². The average molecular weight is 399 g/mol. The zero-order valence-electron chi connectivity index (χ0n) is 16.4. The van der Waals surface area contributed by atoms with E-state index in [-0.39, 0.29) is 11.7 Å². The van der Waals surface area contributed by atoms with Crippen molar-refractivity contribution in [3.05, 3.63) is 58.4 Å². The number of hydrogen-bond donors (Lipinski definition) is 0. The molecule has 0 aliphatic carbocycles. The monoisotopic (exact) mass is 398 g/mol. The highest BCUT2D eigenvalue weighted by molar-refractivity contribution is 6.30. The fraction of sp³-hybridized carbons (Fsp3) is 0.522. The first-order valence-electron chi connectivity index (χ1n) is 10.4. The number of pyridine rings is 1. The normalized spacial score (nSPS) is 26.4. The van der Waals surface area contributed by atoms with E-state index in [1.807, 2.05) is 12.1 Å². The summed E-state index contributed by atoms with van der Waals surface area (Å²) in [7, 11) is 0. The van der Waals surface area contributed by atoms with Crippen LogP contribution in [0.4, 0.5) is 0 Å². The van der Waals surface area contributed by atoms with Crippen LogP contribution < -0.4 is 4.74 Å². The van der Waals surface area contributed by atoms with Gasteiger partial charge in [-0.15, -0.1) is 0 Å². The Morgan fingerprint density at radius 2 is 2.07 bits per heavy atom. The third kappa shape index (κ3) is 3.32. The number of aromatic nitrogens is 1. The van der Waals surface area contributed by atoms with Crippen LogP contribution in [0, 0.1) is 12.8 Å². The summed E-state index contributed by atoms with van der Waals surface area (Å²) in [5.41, 5.74) is 3.46. The fourth-order valence-electron chi connectivity index (χ4n) is 5.18. The minimum Gasteiger partial charge on any atom is -0.486 e. The van der Waals surface area contributed by atoms with E-state index in [9.17, 15) is 0 Å². The van der Waals surface area contributed by atoms with Gasteiger partial charge in [-0.1, -0.05) is 23.7 Å². The molecule has 148 valence electrons. The summed E-state index contributed by atoms with van der Waals surface area (Å²) in [4.78, 5) is 6.94. The maximum absolute atomic E-state index is 6.79. The molecule has 0 radical (unpaired) electrons. The summed E-state index contributed by atoms with van der Waals surface area (Å²) in [5.74, 6) is 1.49. The maximum Gasteiger partial charge on any atom is 0.126 e. The third-order valence-corrected chi connectivity index (χ3v) is 6.89. The van der Waals surface area contributed by atoms with Gasteiger partial charge >= 0.3 is 0 Å². The highest BCUT2D eigenvalue weighted by Gasteiger charge is 2.52. The Morgan fingerprint density at radius 1 is 1.21 bits per heavy atom. The third-order valence-electron chi connectivity index (χ3n) is 6.66. The highest BCUT2D eigenvalue weighted by atomic mass is 35.5. The smallest absolute Gasteiger partial charge is 0.126 e. The number of likely N-dealkylation sites (tertiary alicyclic amines) is 1. The van der Waals surface area contributed by atoms with Crippen molar-refractivity contribution in [1.82, 2.24) is 9.88 Å². The van der Waals surface area contributed by atoms with Crippen molar-refractivity contribution >= 4 is 11.6 Å². The molecular weight excluding hydrogens is 372 g/mol. The zero-order valence-corrected chi connectivity index (χ0v) is 17.1. The van der Waals surface area contributed by atoms with E-state index in [4.69, 9.17) is 21.1 Å². The predicted molar refractivity (Wildman–Crippen MR) is 110 cm³/mol. The summed E-state index contributed by atoms with van der Waals surface area (Å²) >= 11 is 5.96. The van der Waals surface area contributed by atoms with Gasteiger partial charge in [-0.2, -0.15) is 0 Å². The number of piperidine rings is 1. The molecule has 0 N–H and O–H groups in total. The lowest BCUT2D eigenvalue weighted by atomic mass is 9.70. The minimum absolute atomic E-state index is 0.101. The SMILES string of the molecule is Cc1ccc2c(c1)OC1(CCN(Cc3ccc(Cl)cn3)CC1)[C@H]1CCCO[C@H]21. The Labute approximate surface area is 171 Å². The molecule has 5 rings (SSSR count). The van der Waals surface area contributed by atoms with Crippen LogP contribution >= 0.6 is 11.6 Å². The van der Waals surface area contributed by atoms with Crippen LogP contribution in [-0.2, 0) is 11.3 Å². The van der Waals surface area contributed by atoms with E-state index in [1.165, 1.54) is 17.5 Å². The Bertz CT molecular complexity index is 846. The lowest BCUT2D eigenvalue weighted by molar-refractivity contribution is -0.150. The van der Waals surface area contributed by atoms with E-state index >= 15 is 0 Å². The number of hydrogen-bond acceptors (Lipinski definition) is 4. The first-order valence-corrected chi connectivity index (χ1v) is 10.7. The number of benzene rings is 1. The fourth-order valence-corrected chi connectivity index (χ4v) is 5.29. The van der Waals surface area contributed by atoms with Gasteiger partial charge in [-0.25, -0.2) is 0 Å². The molecule has 2 aromatic rings. The van der Waals surface area contributed by atoms with Crippen LogP contribution in [0.25, 0.3) is 0 Å². The average Bonchev–Trinajstić information content (AvgIpc) is 2.71. The van der Waals surface area contributed by atoms with E-state index < -0.39 is 0 Å². The number of ether oxygens (including phenoxy) is 2. The number of rotatable bonds is 2. The molecule has 3 aliphatic heterocycles. The van der Waals surface area contributed by atoms with Crippen molar-refractivity contribution in [1.29, 1.82) is 0 Å². The van der Waals surface area contributed by atoms with Crippen molar-refractivity contribution in [2.45, 2.75) is 50.9 Å². The van der Waals surface area contributed by atoms with Gasteiger partial charge in [-0.05, 0) is 43.5 Å². The number of aryl methyl sites for hydroxylation is 1. The van der Waals surface area contributed by atoms with Gasteiger partial charge in [0.2, 0.25) is 0 Å². The van der Waals surface area contributed by atoms with Crippen molar-refractivity contribution in [2.24, 2.45) is 5.92 Å². The molecule has 5 heteroatoms. The number of fused-ring (bicyclic) bond motifs is 4. The predicted octanol–water partition coefficient (Wildman–Crippen LogP) is 4.94. The molecule has 4 heterocycles. The number of nitrogens with zero attached hydrogens (tertiary/aromatic N) is 2. The van der Waals surface area contributed by atoms with Crippen LogP contribution in [0.3, 0.4) is 0 Å². The first kappa shape index (κ1) is 18.4. The summed E-state index contributed by atoms with van der Waals surface area (Å²) in [6, 6.07) is 10.5. The van der Waals surface area contributed by atoms with Gasteiger partial charge in [-0.3, -0.25) is 9.88 Å². The van der Waals surface area contributed by atoms with Gasteiger partial charge < -0.3 is 9.47 Å². The summed E-state index contributed by atoms with van der Waals surface area (Å²) in [5, 5.41) is 0.689. The molecule has 1 aromatic carbocycles. The van der Waals surface area contributed by atoms with Gasteiger partial charge in [0, 0.05) is 56.8 Å². The van der Waals surface area contributed by atoms with Gasteiger partial charge in [0.05, 0.1) is 16.8 Å². The Hall–Kier alpha value is -1.62. The standard InChI is InChI=1S/C23H27ClN2O2/c1-16-4-7-19-21(13-16)28-23(20-3-2-12-27-22(19)20)8-10-26(11-9-23)15-18-6-5-17(24)14-25-18/h4-7,13-14,20,22H,2-3,8-12,15H2,1H3/t20-,22+/m0/s1. The largest absolute Gasteiger partial charge is 0.486 e. The quantitative estimate of drug-likeness (QED) is 0.717. The molecule has 2 saturated heterocycles. The van der Waals surface area contributed by atoms with Crippen molar-refractivity contribution in [3.8, 4) is 5.75 Å². The molecule has 28 heavy (non-hydrogen) atoms. The van der Waals surface area contributed by atoms with Crippen LogP contribution in [-0.4, -0.2) is 35.2 Å². The van der Waals surface area contributed by atoms with Crippen molar-refractivity contribution in [2.75, 3.05) is 19.7 Å². The second-order valence-corrected chi connectivity index (χ2v) is 8.93. The van der Waals surface area contributed by atoms with Crippen LogP contribution in [0.1, 0.15) is 48.6 Å². The molecule has 0 saturated carbocycles. The summed E-state index contributed by atoms with van der Waals surface area (Å²) < 4.78 is 13.1. The lowest BCUT2D eigenvalue weighted by Gasteiger charge is -2.53. The number of halogens is 1. The van der Waals surface area contributed by atoms with E-state index in [0.29, 0.717) is 10.9 Å². The molecule has 0 amide bonds. The van der Waals surface area contributed by atoms with Crippen LogP contribution in [0.5, 0.6) is 5.75 Å². The van der Waals surface area contributed by atoms with Gasteiger partial charge in [0.15, 0.2) is 0 Å². The summed E-state index contributed by atoms with van der Waals surface area (Å²) in [6.07, 6.45) is 6.32. The zero-order chi connectivity index (χ0) is 19.1. The minimum atomic E-state index is -0.101. The molecule has 4 nitrogen and oxygen atoms in total. The maximum atomic E-state index is 6.79. The van der Waals surface area contributed by atoms with Gasteiger partial charge in [0.25, 0.3) is 0 Å². The van der Waals surface area contributed by atoms with Gasteiger partial charge in [0.1, 0.15) is 11.4 Å². The molecular formula is C23H27ClN2O2. The highest BCUT2D eigenvalue weighted by Crippen LogP contribution is 2.53. The van der Waals surface area contributed by atoms with Crippen molar-refractivity contribution < 1.29 is 9.47 Å². The van der Waals surface area contributed by atoms with E-state index in [0.717, 1.165) is 56.9 Å². The van der Waals surface area contributed by atoms with E-state index in [1.54, 1.807) is 6.20 Å². The molecule has 3 aliphatic rings. The van der Waals surface area contributed by atoms with Crippen LogP contribution in [0.2, 0.25) is 5.02 Å². The molecule has 1 spiro atoms. The molecule has 1 aromatic heterocycles. The first-order chi connectivity index (χ1) is 13.6. The molecule has 2 atom stereocenters. The lowest BCUT2D eigenvalue weighted by Crippen LogP contribution is -2.57. The Kier molecular flexibility index (Phi) is 4.82. The Morgan fingerprint density at radius 3 is 2.86 bits per heavy atom. The molecule has 2 fully saturated rings. The summed E-state index contributed by atoms with van der Waals surface area (Å²) in [6.45, 7) is 5.90. The second kappa shape index (κ2) is 7.33. The second-order valence-electron chi connectivity index (χ2n) is 8.49.